The van der Waals surface area contributed by atoms with Gasteiger partial charge in [0.05, 0.1) is 22.1 Å². The normalized spacial score (nSPS) is 13.1. The minimum Gasteiger partial charge on any atom is -0.486 e. The Kier molecular flexibility index (Phi) is 4.81. The summed E-state index contributed by atoms with van der Waals surface area (Å²) in [5, 5.41) is 10.8. The van der Waals surface area contributed by atoms with Crippen molar-refractivity contribution in [2.75, 3.05) is 24.1 Å². The Hall–Kier alpha value is -3.07. The molecule has 0 saturated heterocycles. The summed E-state index contributed by atoms with van der Waals surface area (Å²) in [5.74, 6) is 1.01. The zero-order chi connectivity index (χ0) is 18.7. The molecule has 0 bridgehead atoms. The van der Waals surface area contributed by atoms with E-state index in [1.807, 2.05) is 0 Å². The van der Waals surface area contributed by atoms with Gasteiger partial charge in [-0.15, -0.1) is 6.58 Å². The van der Waals surface area contributed by atoms with E-state index < -0.39 is 14.9 Å². The lowest BCUT2D eigenvalue weighted by Crippen LogP contribution is -2.31. The summed E-state index contributed by atoms with van der Waals surface area (Å²) in [7, 11) is -3.94. The fourth-order valence-electron chi connectivity index (χ4n) is 2.51. The standard InChI is InChI=1S/C17H16N2O6S/c1-2-9-18(14-5-8-16-17(12-14)25-11-10-24-16)26(22,23)15-6-3-13(4-7-15)19(20)21/h2-8,12H,1,9-11H2. The number of sulfonamides is 1. The van der Waals surface area contributed by atoms with Gasteiger partial charge in [-0.25, -0.2) is 8.42 Å². The van der Waals surface area contributed by atoms with Crippen LogP contribution in [0.1, 0.15) is 0 Å². The zero-order valence-corrected chi connectivity index (χ0v) is 14.5. The van der Waals surface area contributed by atoms with Gasteiger partial charge in [-0.1, -0.05) is 6.08 Å². The smallest absolute Gasteiger partial charge is 0.269 e. The van der Waals surface area contributed by atoms with E-state index in [1.54, 1.807) is 18.2 Å². The molecule has 0 amide bonds. The summed E-state index contributed by atoms with van der Waals surface area (Å²) in [4.78, 5) is 10.1. The fraction of sp³-hybridized carbons (Fsp3) is 0.176. The topological polar surface area (TPSA) is 99.0 Å². The molecule has 9 heteroatoms. The minimum atomic E-state index is -3.94. The van der Waals surface area contributed by atoms with Crippen LogP contribution >= 0.6 is 0 Å². The van der Waals surface area contributed by atoms with Crippen molar-refractivity contribution in [2.45, 2.75) is 4.90 Å². The van der Waals surface area contributed by atoms with Crippen molar-refractivity contribution >= 4 is 21.4 Å². The first-order valence-corrected chi connectivity index (χ1v) is 9.15. The second kappa shape index (κ2) is 7.04. The first-order chi connectivity index (χ1) is 12.4. The Morgan fingerprint density at radius 1 is 1.12 bits per heavy atom. The molecule has 0 N–H and O–H groups in total. The second-order valence-corrected chi connectivity index (χ2v) is 7.27. The Morgan fingerprint density at radius 2 is 1.77 bits per heavy atom. The van der Waals surface area contributed by atoms with Crippen molar-refractivity contribution in [2.24, 2.45) is 0 Å². The average molecular weight is 376 g/mol. The van der Waals surface area contributed by atoms with Crippen LogP contribution in [0.4, 0.5) is 11.4 Å². The molecule has 0 aromatic heterocycles. The molecule has 2 aromatic carbocycles. The van der Waals surface area contributed by atoms with Crippen LogP contribution in [-0.4, -0.2) is 33.1 Å². The highest BCUT2D eigenvalue weighted by molar-refractivity contribution is 7.92. The Bertz CT molecular complexity index is 940. The second-order valence-electron chi connectivity index (χ2n) is 5.40. The molecule has 0 atom stereocenters. The predicted octanol–water partition coefficient (Wildman–Crippen LogP) is 2.75. The van der Waals surface area contributed by atoms with Gasteiger partial charge in [0.15, 0.2) is 11.5 Å². The number of nitro groups is 1. The quantitative estimate of drug-likeness (QED) is 0.437. The highest BCUT2D eigenvalue weighted by atomic mass is 32.2. The maximum absolute atomic E-state index is 13.0. The third-order valence-electron chi connectivity index (χ3n) is 3.74. The van der Waals surface area contributed by atoms with Crippen LogP contribution in [0.2, 0.25) is 0 Å². The van der Waals surface area contributed by atoms with Gasteiger partial charge in [0.25, 0.3) is 15.7 Å². The molecule has 1 heterocycles. The molecule has 0 aliphatic carbocycles. The molecule has 26 heavy (non-hydrogen) atoms. The Labute approximate surface area is 150 Å². The lowest BCUT2D eigenvalue weighted by atomic mass is 10.2. The molecular formula is C17H16N2O6S. The lowest BCUT2D eigenvalue weighted by molar-refractivity contribution is -0.384. The Balaban J connectivity index is 2.00. The van der Waals surface area contributed by atoms with Gasteiger partial charge in [-0.2, -0.15) is 0 Å². The molecule has 0 saturated carbocycles. The largest absolute Gasteiger partial charge is 0.486 e. The van der Waals surface area contributed by atoms with E-state index in [9.17, 15) is 18.5 Å². The number of benzene rings is 2. The molecular weight excluding hydrogens is 360 g/mol. The third kappa shape index (κ3) is 3.33. The molecule has 1 aliphatic heterocycles. The van der Waals surface area contributed by atoms with Crippen LogP contribution in [-0.2, 0) is 10.0 Å². The van der Waals surface area contributed by atoms with Gasteiger partial charge in [-0.3, -0.25) is 14.4 Å². The highest BCUT2D eigenvalue weighted by Gasteiger charge is 2.26. The number of ether oxygens (including phenoxy) is 2. The maximum atomic E-state index is 13.0. The minimum absolute atomic E-state index is 0.0268. The molecule has 0 unspecified atom stereocenters. The van der Waals surface area contributed by atoms with Gasteiger partial charge in [0.2, 0.25) is 0 Å². The molecule has 0 radical (unpaired) electrons. The van der Waals surface area contributed by atoms with Gasteiger partial charge >= 0.3 is 0 Å². The van der Waals surface area contributed by atoms with Crippen LogP contribution in [0, 0.1) is 10.1 Å². The van der Waals surface area contributed by atoms with E-state index in [1.165, 1.54) is 18.2 Å². The van der Waals surface area contributed by atoms with Crippen molar-refractivity contribution in [1.82, 2.24) is 0 Å². The summed E-state index contributed by atoms with van der Waals surface area (Å²) < 4.78 is 38.1. The van der Waals surface area contributed by atoms with E-state index in [-0.39, 0.29) is 17.1 Å². The van der Waals surface area contributed by atoms with Gasteiger partial charge in [-0.05, 0) is 24.3 Å². The van der Waals surface area contributed by atoms with Crippen LogP contribution in [0.5, 0.6) is 11.5 Å². The lowest BCUT2D eigenvalue weighted by Gasteiger charge is -2.25. The van der Waals surface area contributed by atoms with Crippen LogP contribution in [0.15, 0.2) is 60.0 Å². The molecule has 8 nitrogen and oxygen atoms in total. The van der Waals surface area contributed by atoms with Crippen LogP contribution in [0.25, 0.3) is 0 Å². The van der Waals surface area contributed by atoms with Crippen LogP contribution in [0.3, 0.4) is 0 Å². The Morgan fingerprint density at radius 3 is 2.38 bits per heavy atom. The van der Waals surface area contributed by atoms with Crippen molar-refractivity contribution in [3.05, 3.63) is 65.2 Å². The molecule has 136 valence electrons. The fourth-order valence-corrected chi connectivity index (χ4v) is 3.94. The predicted molar refractivity (Wildman–Crippen MR) is 95.3 cm³/mol. The van der Waals surface area contributed by atoms with E-state index >= 15 is 0 Å². The molecule has 3 rings (SSSR count). The van der Waals surface area contributed by atoms with Crippen molar-refractivity contribution in [1.29, 1.82) is 0 Å². The third-order valence-corrected chi connectivity index (χ3v) is 5.55. The monoisotopic (exact) mass is 376 g/mol. The average Bonchev–Trinajstić information content (AvgIpc) is 2.65. The van der Waals surface area contributed by atoms with E-state index in [0.29, 0.717) is 30.4 Å². The van der Waals surface area contributed by atoms with E-state index in [0.717, 1.165) is 16.4 Å². The number of anilines is 1. The SMILES string of the molecule is C=CCN(c1ccc2c(c1)OCCO2)S(=O)(=O)c1ccc([N+](=O)[O-])cc1. The summed E-state index contributed by atoms with van der Waals surface area (Å²) in [6, 6.07) is 9.57. The van der Waals surface area contributed by atoms with Crippen molar-refractivity contribution in [3.8, 4) is 11.5 Å². The first-order valence-electron chi connectivity index (χ1n) is 7.71. The van der Waals surface area contributed by atoms with Gasteiger partial charge in [0, 0.05) is 18.2 Å². The van der Waals surface area contributed by atoms with Crippen LogP contribution < -0.4 is 13.8 Å². The molecule has 1 aliphatic rings. The number of nitro benzene ring substituents is 1. The summed E-state index contributed by atoms with van der Waals surface area (Å²) >= 11 is 0. The number of hydrogen-bond donors (Lipinski definition) is 0. The van der Waals surface area contributed by atoms with Gasteiger partial charge in [0.1, 0.15) is 13.2 Å². The van der Waals surface area contributed by atoms with Gasteiger partial charge < -0.3 is 9.47 Å². The van der Waals surface area contributed by atoms with E-state index in [2.05, 4.69) is 6.58 Å². The number of hydrogen-bond acceptors (Lipinski definition) is 6. The molecule has 0 fully saturated rings. The number of non-ortho nitro benzene ring substituents is 1. The number of rotatable bonds is 6. The molecule has 2 aromatic rings. The maximum Gasteiger partial charge on any atom is 0.269 e. The summed E-state index contributed by atoms with van der Waals surface area (Å²) in [6.07, 6.45) is 1.46. The molecule has 0 spiro atoms. The summed E-state index contributed by atoms with van der Waals surface area (Å²) in [5.41, 5.74) is 0.200. The highest BCUT2D eigenvalue weighted by Crippen LogP contribution is 2.35. The zero-order valence-electron chi connectivity index (χ0n) is 13.7. The first kappa shape index (κ1) is 17.7. The number of fused-ring (bicyclic) bond motifs is 1. The summed E-state index contributed by atoms with van der Waals surface area (Å²) in [6.45, 7) is 4.45. The van der Waals surface area contributed by atoms with Crippen molar-refractivity contribution < 1.29 is 22.8 Å². The number of nitrogens with zero attached hydrogens (tertiary/aromatic N) is 2. The van der Waals surface area contributed by atoms with Crippen molar-refractivity contribution in [3.63, 3.8) is 0 Å². The van der Waals surface area contributed by atoms with E-state index in [4.69, 9.17) is 9.47 Å².